The molecule has 15 heavy (non-hydrogen) atoms. The first-order valence-corrected chi connectivity index (χ1v) is 4.81. The van der Waals surface area contributed by atoms with E-state index in [-0.39, 0.29) is 0 Å². The number of rotatable bonds is 4. The molecule has 0 bridgehead atoms. The first-order chi connectivity index (χ1) is 7.22. The van der Waals surface area contributed by atoms with Crippen molar-refractivity contribution < 1.29 is 9.47 Å². The maximum atomic E-state index is 5.54. The van der Waals surface area contributed by atoms with Crippen LogP contribution in [0.4, 0.5) is 0 Å². The van der Waals surface area contributed by atoms with Crippen molar-refractivity contribution in [1.29, 1.82) is 0 Å². The highest BCUT2D eigenvalue weighted by Gasteiger charge is 2.06. The summed E-state index contributed by atoms with van der Waals surface area (Å²) in [6.45, 7) is 2.53. The van der Waals surface area contributed by atoms with Crippen molar-refractivity contribution in [1.82, 2.24) is 0 Å². The minimum absolute atomic E-state index is 0.542. The van der Waals surface area contributed by atoms with E-state index in [1.165, 1.54) is 0 Å². The zero-order valence-corrected chi connectivity index (χ0v) is 9.41. The summed E-state index contributed by atoms with van der Waals surface area (Å²) in [5.74, 6) is 1.48. The van der Waals surface area contributed by atoms with Crippen LogP contribution in [0.3, 0.4) is 0 Å². The van der Waals surface area contributed by atoms with Crippen LogP contribution in [-0.2, 0) is 0 Å². The summed E-state index contributed by atoms with van der Waals surface area (Å²) < 4.78 is 10.5. The van der Waals surface area contributed by atoms with Crippen molar-refractivity contribution in [3.8, 4) is 11.5 Å². The number of ether oxygens (including phenoxy) is 2. The summed E-state index contributed by atoms with van der Waals surface area (Å²) in [4.78, 5) is 0. The van der Waals surface area contributed by atoms with Crippen molar-refractivity contribution in [3.05, 3.63) is 29.3 Å². The molecule has 0 radical (unpaired) electrons. The molecule has 1 aromatic rings. The van der Waals surface area contributed by atoms with Gasteiger partial charge in [0, 0.05) is 12.1 Å². The number of nitrogens with two attached hydrogens (primary N) is 1. The van der Waals surface area contributed by atoms with Crippen molar-refractivity contribution >= 4 is 6.08 Å². The van der Waals surface area contributed by atoms with Crippen molar-refractivity contribution in [2.75, 3.05) is 20.8 Å². The summed E-state index contributed by atoms with van der Waals surface area (Å²) in [5, 5.41) is 0. The minimum Gasteiger partial charge on any atom is -0.493 e. The van der Waals surface area contributed by atoms with Crippen LogP contribution in [0.1, 0.15) is 12.5 Å². The summed E-state index contributed by atoms with van der Waals surface area (Å²) >= 11 is 0. The van der Waals surface area contributed by atoms with Crippen LogP contribution in [0.15, 0.2) is 23.8 Å². The number of hydrogen-bond donors (Lipinski definition) is 1. The van der Waals surface area contributed by atoms with Crippen LogP contribution < -0.4 is 15.2 Å². The molecule has 1 rings (SSSR count). The quantitative estimate of drug-likeness (QED) is 0.822. The molecule has 0 spiro atoms. The van der Waals surface area contributed by atoms with Crippen molar-refractivity contribution in [3.63, 3.8) is 0 Å². The van der Waals surface area contributed by atoms with Crippen LogP contribution >= 0.6 is 0 Å². The molecule has 0 aliphatic carbocycles. The lowest BCUT2D eigenvalue weighted by molar-refractivity contribution is 0.354. The third-order valence-corrected chi connectivity index (χ3v) is 2.16. The standard InChI is InChI=1S/C12H17NO2/c1-9(8-13)7-10-5-4-6-11(14-2)12(10)15-3/h4-7H,8,13H2,1-3H3. The van der Waals surface area contributed by atoms with Crippen LogP contribution in [-0.4, -0.2) is 20.8 Å². The Bertz CT molecular complexity index is 359. The molecule has 0 unspecified atom stereocenters. The lowest BCUT2D eigenvalue weighted by atomic mass is 10.1. The van der Waals surface area contributed by atoms with Crippen molar-refractivity contribution in [2.24, 2.45) is 5.73 Å². The third-order valence-electron chi connectivity index (χ3n) is 2.16. The molecule has 0 fully saturated rings. The van der Waals surface area contributed by atoms with Crippen LogP contribution in [0, 0.1) is 0 Å². The van der Waals surface area contributed by atoms with Gasteiger partial charge in [-0.15, -0.1) is 0 Å². The highest BCUT2D eigenvalue weighted by molar-refractivity contribution is 5.64. The van der Waals surface area contributed by atoms with Gasteiger partial charge in [-0.05, 0) is 13.0 Å². The zero-order valence-electron chi connectivity index (χ0n) is 9.41. The van der Waals surface area contributed by atoms with E-state index >= 15 is 0 Å². The molecular formula is C12H17NO2. The van der Waals surface area contributed by atoms with Gasteiger partial charge in [0.1, 0.15) is 0 Å². The molecular weight excluding hydrogens is 190 g/mol. The highest BCUT2D eigenvalue weighted by Crippen LogP contribution is 2.31. The number of hydrogen-bond acceptors (Lipinski definition) is 3. The van der Waals surface area contributed by atoms with Gasteiger partial charge in [-0.2, -0.15) is 0 Å². The molecule has 0 aromatic heterocycles. The fourth-order valence-corrected chi connectivity index (χ4v) is 1.35. The fourth-order valence-electron chi connectivity index (χ4n) is 1.35. The number of methoxy groups -OCH3 is 2. The lowest BCUT2D eigenvalue weighted by Gasteiger charge is -2.10. The third kappa shape index (κ3) is 2.73. The molecule has 0 amide bonds. The molecule has 0 aliphatic heterocycles. The van der Waals surface area contributed by atoms with Gasteiger partial charge in [-0.3, -0.25) is 0 Å². The second kappa shape index (κ2) is 5.41. The number of benzene rings is 1. The predicted molar refractivity (Wildman–Crippen MR) is 62.3 cm³/mol. The topological polar surface area (TPSA) is 44.5 Å². The van der Waals surface area contributed by atoms with Gasteiger partial charge >= 0.3 is 0 Å². The molecule has 82 valence electrons. The molecule has 0 saturated heterocycles. The molecule has 0 heterocycles. The highest BCUT2D eigenvalue weighted by atomic mass is 16.5. The average Bonchev–Trinajstić information content (AvgIpc) is 2.28. The van der Waals surface area contributed by atoms with Gasteiger partial charge in [0.15, 0.2) is 11.5 Å². The molecule has 0 aliphatic rings. The Morgan fingerprint density at radius 1 is 1.33 bits per heavy atom. The van der Waals surface area contributed by atoms with Gasteiger partial charge in [-0.25, -0.2) is 0 Å². The normalized spacial score (nSPS) is 11.3. The van der Waals surface area contributed by atoms with E-state index in [4.69, 9.17) is 15.2 Å². The number of para-hydroxylation sites is 1. The van der Waals surface area contributed by atoms with Gasteiger partial charge in [-0.1, -0.05) is 23.8 Å². The monoisotopic (exact) mass is 207 g/mol. The average molecular weight is 207 g/mol. The first kappa shape index (κ1) is 11.6. The van der Waals surface area contributed by atoms with Crippen molar-refractivity contribution in [2.45, 2.75) is 6.92 Å². The SMILES string of the molecule is COc1cccc(C=C(C)CN)c1OC. The molecule has 3 heteroatoms. The summed E-state index contributed by atoms with van der Waals surface area (Å²) in [6.07, 6.45) is 2.00. The zero-order chi connectivity index (χ0) is 11.3. The Morgan fingerprint density at radius 2 is 2.07 bits per heavy atom. The molecule has 3 nitrogen and oxygen atoms in total. The minimum atomic E-state index is 0.542. The second-order valence-electron chi connectivity index (χ2n) is 3.28. The Kier molecular flexibility index (Phi) is 4.18. The van der Waals surface area contributed by atoms with Gasteiger partial charge in [0.25, 0.3) is 0 Å². The van der Waals surface area contributed by atoms with Crippen LogP contribution in [0.25, 0.3) is 6.08 Å². The van der Waals surface area contributed by atoms with Crippen LogP contribution in [0.2, 0.25) is 0 Å². The fraction of sp³-hybridized carbons (Fsp3) is 0.333. The van der Waals surface area contributed by atoms with E-state index in [9.17, 15) is 0 Å². The largest absolute Gasteiger partial charge is 0.493 e. The van der Waals surface area contributed by atoms with E-state index < -0.39 is 0 Å². The van der Waals surface area contributed by atoms with Gasteiger partial charge in [0.05, 0.1) is 14.2 Å². The second-order valence-corrected chi connectivity index (χ2v) is 3.28. The Labute approximate surface area is 90.5 Å². The first-order valence-electron chi connectivity index (χ1n) is 4.81. The van der Waals surface area contributed by atoms with Crippen LogP contribution in [0.5, 0.6) is 11.5 Å². The summed E-state index contributed by atoms with van der Waals surface area (Å²) in [6, 6.07) is 5.77. The van der Waals surface area contributed by atoms with Gasteiger partial charge in [0.2, 0.25) is 0 Å². The van der Waals surface area contributed by atoms with E-state index in [0.29, 0.717) is 6.54 Å². The molecule has 2 N–H and O–H groups in total. The predicted octanol–water partition coefficient (Wildman–Crippen LogP) is 2.07. The summed E-state index contributed by atoms with van der Waals surface area (Å²) in [5.41, 5.74) is 7.63. The smallest absolute Gasteiger partial charge is 0.167 e. The molecule has 0 saturated carbocycles. The maximum Gasteiger partial charge on any atom is 0.167 e. The van der Waals surface area contributed by atoms with E-state index in [1.54, 1.807) is 14.2 Å². The maximum absolute atomic E-state index is 5.54. The summed E-state index contributed by atoms with van der Waals surface area (Å²) in [7, 11) is 3.26. The van der Waals surface area contributed by atoms with E-state index in [1.807, 2.05) is 31.2 Å². The Balaban J connectivity index is 3.17. The van der Waals surface area contributed by atoms with E-state index in [0.717, 1.165) is 22.6 Å². The van der Waals surface area contributed by atoms with Gasteiger partial charge < -0.3 is 15.2 Å². The molecule has 0 atom stereocenters. The Hall–Kier alpha value is -1.48. The Morgan fingerprint density at radius 3 is 2.60 bits per heavy atom. The van der Waals surface area contributed by atoms with E-state index in [2.05, 4.69) is 0 Å². The lowest BCUT2D eigenvalue weighted by Crippen LogP contribution is -2.00. The molecule has 1 aromatic carbocycles.